The van der Waals surface area contributed by atoms with Gasteiger partial charge in [0.1, 0.15) is 0 Å². The summed E-state index contributed by atoms with van der Waals surface area (Å²) >= 11 is 0.0265. The Balaban J connectivity index is 1.22. The molecule has 0 saturated heterocycles. The van der Waals surface area contributed by atoms with Crippen LogP contribution < -0.4 is 25.4 Å². The first-order valence-corrected chi connectivity index (χ1v) is 19.8. The van der Waals surface area contributed by atoms with Crippen LogP contribution in [-0.4, -0.2) is 48.9 Å². The Hall–Kier alpha value is -5.00. The van der Waals surface area contributed by atoms with E-state index in [0.29, 0.717) is 11.4 Å². The second-order valence-electron chi connectivity index (χ2n) is 10.8. The first kappa shape index (κ1) is 33.9. The van der Waals surface area contributed by atoms with E-state index < -0.39 is 53.0 Å². The number of nitrogens with one attached hydrogen (secondary N) is 2. The average Bonchev–Trinajstić information content (AvgIpc) is 3.03. The molecule has 0 radical (unpaired) electrons. The van der Waals surface area contributed by atoms with Crippen LogP contribution in [0.2, 0.25) is 0 Å². The average molecular weight is 884 g/mol. The summed E-state index contributed by atoms with van der Waals surface area (Å²) in [4.78, 5) is 25.1. The molecule has 0 unspecified atom stereocenters. The Morgan fingerprint density at radius 2 is 1.10 bits per heavy atom. The molecule has 0 fully saturated rings. The van der Waals surface area contributed by atoms with Crippen LogP contribution in [0.1, 0.15) is 31.8 Å². The van der Waals surface area contributed by atoms with E-state index in [1.807, 2.05) is 6.07 Å². The third-order valence-corrected chi connectivity index (χ3v) is 11.7. The summed E-state index contributed by atoms with van der Waals surface area (Å²) in [6, 6.07) is 21.4. The van der Waals surface area contributed by atoms with Gasteiger partial charge in [-0.05, 0) is 11.6 Å². The monoisotopic (exact) mass is 885 g/mol. The van der Waals surface area contributed by atoms with Crippen LogP contribution in [0.5, 0.6) is 0 Å². The molecule has 17 heteroatoms. The summed E-state index contributed by atoms with van der Waals surface area (Å²) in [6.45, 7) is 0. The van der Waals surface area contributed by atoms with Crippen molar-refractivity contribution in [3.05, 3.63) is 111 Å². The first-order valence-electron chi connectivity index (χ1n) is 14.1. The summed E-state index contributed by atoms with van der Waals surface area (Å²) in [6.07, 6.45) is 2.28. The van der Waals surface area contributed by atoms with Gasteiger partial charge >= 0.3 is 249 Å². The Labute approximate surface area is 295 Å². The van der Waals surface area contributed by atoms with Gasteiger partial charge in [-0.15, -0.1) is 0 Å². The van der Waals surface area contributed by atoms with Crippen molar-refractivity contribution in [2.24, 2.45) is 10.2 Å². The third-order valence-electron chi connectivity index (χ3n) is 7.65. The molecule has 0 amide bonds. The van der Waals surface area contributed by atoms with Gasteiger partial charge in [0.15, 0.2) is 0 Å². The van der Waals surface area contributed by atoms with Crippen molar-refractivity contribution in [2.75, 3.05) is 22.3 Å². The Morgan fingerprint density at radius 3 is 1.57 bits per heavy atom. The first-order chi connectivity index (χ1) is 23.1. The van der Waals surface area contributed by atoms with Crippen LogP contribution in [0.3, 0.4) is 0 Å². The van der Waals surface area contributed by atoms with Crippen molar-refractivity contribution in [1.29, 1.82) is 0 Å². The maximum absolute atomic E-state index is 13.2. The normalized spacial score (nSPS) is 16.2. The summed E-state index contributed by atoms with van der Waals surface area (Å²) in [5.74, 6) is -1.52. The van der Waals surface area contributed by atoms with Crippen molar-refractivity contribution in [3.63, 3.8) is 0 Å². The second-order valence-corrected chi connectivity index (χ2v) is 16.6. The molecular formula is C32H23HgN6O8S2. The number of carbonyl (C=O) groups is 2. The van der Waals surface area contributed by atoms with Gasteiger partial charge in [0.05, 0.1) is 0 Å². The summed E-state index contributed by atoms with van der Waals surface area (Å²) in [5, 5.41) is 8.08. The number of Topliss-reactive ketones (excluding diaryl/α,β-unsaturated/α-hetero) is 2. The molecule has 8 N–H and O–H groups in total. The number of carbonyl (C=O) groups excluding carboxylic acids is 2. The summed E-state index contributed by atoms with van der Waals surface area (Å²) < 4.78 is 68.9. The minimum absolute atomic E-state index is 0.0265. The standard InChI is InChI=1S/C32H23N6O8S2.Hg/c33-23-5-1-3-19-15-25(47(41,42)43)29(31(39)27(19)23)37-35-21-11-7-17(8-12-21)18-9-13-22(14-10-18)36-38-30-26(48(44,45)46)16-20-4-2-6-24(34)28(20)32(30)40;/h1-13,15-16,35-36H,33-34H2,(H,41,42,43)(H,44,45,46);. The zero-order valence-corrected chi connectivity index (χ0v) is 32.2. The predicted octanol–water partition coefficient (Wildman–Crippen LogP) is 3.48. The van der Waals surface area contributed by atoms with Crippen molar-refractivity contribution >= 4 is 81.2 Å². The molecule has 0 saturated carbocycles. The van der Waals surface area contributed by atoms with Gasteiger partial charge in [0, 0.05) is 5.69 Å². The fourth-order valence-corrected chi connectivity index (χ4v) is 8.22. The number of benzene rings is 4. The van der Waals surface area contributed by atoms with Gasteiger partial charge < -0.3 is 5.73 Å². The van der Waals surface area contributed by atoms with Crippen LogP contribution in [0, 0.1) is 0 Å². The Bertz CT molecular complexity index is 2460. The van der Waals surface area contributed by atoms with Crippen LogP contribution >= 0.6 is 0 Å². The summed E-state index contributed by atoms with van der Waals surface area (Å²) in [7, 11) is -9.59. The zero-order valence-electron chi connectivity index (χ0n) is 25.1. The van der Waals surface area contributed by atoms with E-state index in [4.69, 9.17) is 11.5 Å². The molecule has 0 spiro atoms. The van der Waals surface area contributed by atoms with E-state index in [1.165, 1.54) is 24.3 Å². The number of allylic oxidation sites excluding steroid dienone is 2. The molecule has 2 aliphatic rings. The molecule has 4 aromatic rings. The van der Waals surface area contributed by atoms with Gasteiger partial charge in [0.2, 0.25) is 0 Å². The smallest absolute Gasteiger partial charge is 0.282 e. The molecule has 0 heterocycles. The van der Waals surface area contributed by atoms with Gasteiger partial charge in [-0.3, -0.25) is 4.55 Å². The molecule has 0 bridgehead atoms. The molecule has 14 nitrogen and oxygen atoms in total. The number of hydrazone groups is 2. The van der Waals surface area contributed by atoms with E-state index in [-0.39, 0.29) is 59.8 Å². The minimum Gasteiger partial charge on any atom is -0.282 e. The maximum atomic E-state index is 13.2. The van der Waals surface area contributed by atoms with Crippen LogP contribution in [-0.2, 0) is 46.4 Å². The Kier molecular flexibility index (Phi) is 8.84. The Morgan fingerprint density at radius 1 is 0.633 bits per heavy atom. The molecule has 6 rings (SSSR count). The molecular weight excluding hydrogens is 861 g/mol. The fourth-order valence-electron chi connectivity index (χ4n) is 5.28. The van der Waals surface area contributed by atoms with Crippen LogP contribution in [0.15, 0.2) is 98.9 Å². The number of hydrogen-bond donors (Lipinski definition) is 6. The topological polar surface area (TPSA) is 244 Å². The molecule has 0 aliphatic heterocycles. The number of rotatable bonds is 7. The summed E-state index contributed by atoms with van der Waals surface area (Å²) in [5.41, 5.74) is 19.8. The molecule has 243 valence electrons. The van der Waals surface area contributed by atoms with Gasteiger partial charge in [-0.25, -0.2) is 0 Å². The van der Waals surface area contributed by atoms with E-state index in [1.54, 1.807) is 48.5 Å². The number of nitrogen functional groups attached to an aromatic ring is 2. The molecule has 4 aromatic carbocycles. The number of anilines is 4. The van der Waals surface area contributed by atoms with Gasteiger partial charge in [-0.1, -0.05) is 12.1 Å². The van der Waals surface area contributed by atoms with E-state index in [2.05, 4.69) is 21.1 Å². The second kappa shape index (κ2) is 12.8. The quantitative estimate of drug-likeness (QED) is 0.0677. The zero-order chi connectivity index (χ0) is 35.2. The number of fused-ring (bicyclic) bond motifs is 2. The van der Waals surface area contributed by atoms with E-state index in [0.717, 1.165) is 26.4 Å². The van der Waals surface area contributed by atoms with E-state index in [9.17, 15) is 35.5 Å². The van der Waals surface area contributed by atoms with Crippen molar-refractivity contribution in [1.82, 2.24) is 0 Å². The SMILES string of the molecule is Nc1cccc2c1C(=O)C(=NNc1ccc(-c3ccc(NN=C4C(=O)c5c(N)cccc5C=C4S(=O)(=O)O)[c]([Hg])c3)cc1)C(S(=O)(=O)O)=C2. The van der Waals surface area contributed by atoms with Crippen molar-refractivity contribution < 1.29 is 61.7 Å². The minimum atomic E-state index is -4.80. The molecule has 49 heavy (non-hydrogen) atoms. The van der Waals surface area contributed by atoms with Gasteiger partial charge in [0.25, 0.3) is 0 Å². The predicted molar refractivity (Wildman–Crippen MR) is 183 cm³/mol. The van der Waals surface area contributed by atoms with Crippen molar-refractivity contribution in [3.8, 4) is 11.1 Å². The number of nitrogens with two attached hydrogens (primary N) is 2. The number of hydrogen-bond acceptors (Lipinski definition) is 12. The molecule has 0 atom stereocenters. The fraction of sp³-hybridized carbons (Fsp3) is 0. The van der Waals surface area contributed by atoms with Gasteiger partial charge in [-0.2, -0.15) is 8.42 Å². The van der Waals surface area contributed by atoms with Crippen molar-refractivity contribution in [2.45, 2.75) is 0 Å². The third kappa shape index (κ3) is 6.68. The molecule has 2 aliphatic carbocycles. The van der Waals surface area contributed by atoms with Crippen LogP contribution in [0.4, 0.5) is 22.7 Å². The van der Waals surface area contributed by atoms with E-state index >= 15 is 0 Å². The van der Waals surface area contributed by atoms with Crippen LogP contribution in [0.25, 0.3) is 23.3 Å². The number of nitrogens with zero attached hydrogens (tertiary/aromatic N) is 2. The molecule has 0 aromatic heterocycles. The number of ketones is 2.